The fraction of sp³-hybridized carbons (Fsp3) is 0.300. The van der Waals surface area contributed by atoms with E-state index in [0.717, 1.165) is 12.0 Å². The van der Waals surface area contributed by atoms with Crippen molar-refractivity contribution >= 4 is 5.97 Å². The molecule has 1 aliphatic carbocycles. The van der Waals surface area contributed by atoms with Crippen LogP contribution >= 0.6 is 0 Å². The molecule has 0 spiro atoms. The highest BCUT2D eigenvalue weighted by molar-refractivity contribution is 5.80. The van der Waals surface area contributed by atoms with Crippen molar-refractivity contribution in [2.45, 2.75) is 18.4 Å². The summed E-state index contributed by atoms with van der Waals surface area (Å²) in [6.45, 7) is 0. The number of nitrogens with two attached hydrogens (primary N) is 1. The number of carbonyl (C=O) groups is 1. The second-order valence-electron chi connectivity index (χ2n) is 3.42. The quantitative estimate of drug-likeness (QED) is 0.629. The van der Waals surface area contributed by atoms with Gasteiger partial charge in [-0.1, -0.05) is 24.3 Å². The first-order chi connectivity index (χ1) is 6.14. The van der Waals surface area contributed by atoms with E-state index >= 15 is 0 Å². The van der Waals surface area contributed by atoms with Crippen LogP contribution in [0.5, 0.6) is 0 Å². The zero-order valence-electron chi connectivity index (χ0n) is 7.12. The van der Waals surface area contributed by atoms with Crippen molar-refractivity contribution in [2.24, 2.45) is 5.73 Å². The zero-order chi connectivity index (χ0) is 9.47. The van der Waals surface area contributed by atoms with Crippen LogP contribution in [0.1, 0.15) is 17.5 Å². The van der Waals surface area contributed by atoms with Gasteiger partial charge in [0.2, 0.25) is 0 Å². The minimum atomic E-state index is -1.27. The highest BCUT2D eigenvalue weighted by Crippen LogP contribution is 2.33. The molecule has 0 amide bonds. The lowest BCUT2D eigenvalue weighted by atomic mass is 9.93. The van der Waals surface area contributed by atoms with Gasteiger partial charge in [-0.25, -0.2) is 0 Å². The monoisotopic (exact) mass is 176 g/mol. The Labute approximate surface area is 76.2 Å². The molecule has 13 heavy (non-hydrogen) atoms. The summed E-state index contributed by atoms with van der Waals surface area (Å²) in [4.78, 5) is 10.8. The molecule has 0 aromatic heterocycles. The molecule has 0 saturated heterocycles. The van der Waals surface area contributed by atoms with E-state index in [1.54, 1.807) is 12.1 Å². The van der Waals surface area contributed by atoms with Gasteiger partial charge in [0.25, 0.3) is 0 Å². The van der Waals surface area contributed by atoms with Crippen molar-refractivity contribution in [3.8, 4) is 0 Å². The number of aryl methyl sites for hydroxylation is 1. The minimum Gasteiger partial charge on any atom is -0.548 e. The first kappa shape index (κ1) is 8.26. The lowest BCUT2D eigenvalue weighted by molar-refractivity contribution is -0.313. The van der Waals surface area contributed by atoms with Crippen molar-refractivity contribution in [1.82, 2.24) is 0 Å². The molecular formula is C10H10NO2-. The second kappa shape index (κ2) is 2.57. The summed E-state index contributed by atoms with van der Waals surface area (Å²) >= 11 is 0. The average molecular weight is 176 g/mol. The Morgan fingerprint density at radius 3 is 2.85 bits per heavy atom. The summed E-state index contributed by atoms with van der Waals surface area (Å²) in [5, 5.41) is 10.8. The summed E-state index contributed by atoms with van der Waals surface area (Å²) in [7, 11) is 0. The topological polar surface area (TPSA) is 66.2 Å². The van der Waals surface area contributed by atoms with Crippen LogP contribution in [0.4, 0.5) is 0 Å². The predicted molar refractivity (Wildman–Crippen MR) is 45.6 cm³/mol. The molecule has 0 fully saturated rings. The average Bonchev–Trinajstić information content (AvgIpc) is 2.47. The van der Waals surface area contributed by atoms with E-state index in [4.69, 9.17) is 5.73 Å². The summed E-state index contributed by atoms with van der Waals surface area (Å²) in [5.74, 6) is -1.18. The van der Waals surface area contributed by atoms with Gasteiger partial charge < -0.3 is 15.6 Å². The molecule has 3 nitrogen and oxygen atoms in total. The van der Waals surface area contributed by atoms with Crippen LogP contribution in [0.15, 0.2) is 24.3 Å². The van der Waals surface area contributed by atoms with E-state index in [-0.39, 0.29) is 0 Å². The molecule has 2 N–H and O–H groups in total. The van der Waals surface area contributed by atoms with Gasteiger partial charge in [-0.3, -0.25) is 0 Å². The molecule has 2 rings (SSSR count). The Kier molecular flexibility index (Phi) is 1.63. The van der Waals surface area contributed by atoms with E-state index in [2.05, 4.69) is 0 Å². The van der Waals surface area contributed by atoms with Crippen LogP contribution in [0, 0.1) is 0 Å². The summed E-state index contributed by atoms with van der Waals surface area (Å²) in [5.41, 5.74) is 6.21. The molecule has 0 saturated carbocycles. The Morgan fingerprint density at radius 2 is 2.15 bits per heavy atom. The number of carboxylic acid groups (broad SMARTS) is 1. The Hall–Kier alpha value is -1.35. The molecule has 1 aliphatic rings. The molecule has 0 bridgehead atoms. The van der Waals surface area contributed by atoms with E-state index < -0.39 is 11.5 Å². The van der Waals surface area contributed by atoms with Gasteiger partial charge in [-0.2, -0.15) is 0 Å². The number of carbonyl (C=O) groups excluding carboxylic acids is 1. The maximum atomic E-state index is 10.8. The number of hydrogen-bond acceptors (Lipinski definition) is 3. The molecule has 0 radical (unpaired) electrons. The molecule has 1 aromatic rings. The van der Waals surface area contributed by atoms with Crippen LogP contribution in [0.25, 0.3) is 0 Å². The Morgan fingerprint density at radius 1 is 1.46 bits per heavy atom. The van der Waals surface area contributed by atoms with Gasteiger partial charge in [-0.05, 0) is 24.0 Å². The van der Waals surface area contributed by atoms with E-state index in [0.29, 0.717) is 12.0 Å². The SMILES string of the molecule is NC1(C(=O)[O-])CCc2ccccc21. The first-order valence-corrected chi connectivity index (χ1v) is 4.23. The van der Waals surface area contributed by atoms with Crippen LogP contribution < -0.4 is 10.8 Å². The van der Waals surface area contributed by atoms with E-state index in [1.807, 2.05) is 12.1 Å². The van der Waals surface area contributed by atoms with Gasteiger partial charge in [-0.15, -0.1) is 0 Å². The fourth-order valence-electron chi connectivity index (χ4n) is 1.85. The predicted octanol–water partition coefficient (Wildman–Crippen LogP) is -0.463. The molecular weight excluding hydrogens is 166 g/mol. The van der Waals surface area contributed by atoms with E-state index in [1.165, 1.54) is 0 Å². The zero-order valence-corrected chi connectivity index (χ0v) is 7.12. The van der Waals surface area contributed by atoms with Crippen molar-refractivity contribution in [3.05, 3.63) is 35.4 Å². The van der Waals surface area contributed by atoms with Gasteiger partial charge in [0.15, 0.2) is 0 Å². The summed E-state index contributed by atoms with van der Waals surface area (Å²) in [6.07, 6.45) is 1.16. The minimum absolute atomic E-state index is 0.439. The maximum Gasteiger partial charge on any atom is 0.0817 e. The third-order valence-electron chi connectivity index (χ3n) is 2.65. The first-order valence-electron chi connectivity index (χ1n) is 4.23. The maximum absolute atomic E-state index is 10.8. The van der Waals surface area contributed by atoms with Crippen LogP contribution in [0.3, 0.4) is 0 Å². The van der Waals surface area contributed by atoms with Crippen LogP contribution in [-0.2, 0) is 16.8 Å². The summed E-state index contributed by atoms with van der Waals surface area (Å²) < 4.78 is 0. The normalized spacial score (nSPS) is 25.6. The standard InChI is InChI=1S/C10H11NO2/c11-10(9(12)13)6-5-7-3-1-2-4-8(7)10/h1-4H,5-6,11H2,(H,12,13)/p-1. The molecule has 1 aromatic carbocycles. The van der Waals surface area contributed by atoms with Crippen molar-refractivity contribution in [1.29, 1.82) is 0 Å². The molecule has 68 valence electrons. The van der Waals surface area contributed by atoms with Crippen molar-refractivity contribution in [2.75, 3.05) is 0 Å². The number of rotatable bonds is 1. The fourth-order valence-corrected chi connectivity index (χ4v) is 1.85. The Balaban J connectivity index is 2.55. The highest BCUT2D eigenvalue weighted by Gasteiger charge is 2.35. The third-order valence-corrected chi connectivity index (χ3v) is 2.65. The smallest absolute Gasteiger partial charge is 0.0817 e. The molecule has 3 heteroatoms. The second-order valence-corrected chi connectivity index (χ2v) is 3.42. The van der Waals surface area contributed by atoms with Crippen molar-refractivity contribution < 1.29 is 9.90 Å². The van der Waals surface area contributed by atoms with E-state index in [9.17, 15) is 9.90 Å². The van der Waals surface area contributed by atoms with Gasteiger partial charge >= 0.3 is 0 Å². The van der Waals surface area contributed by atoms with Crippen molar-refractivity contribution in [3.63, 3.8) is 0 Å². The van der Waals surface area contributed by atoms with Gasteiger partial charge in [0.1, 0.15) is 0 Å². The van der Waals surface area contributed by atoms with Gasteiger partial charge in [0.05, 0.1) is 11.5 Å². The van der Waals surface area contributed by atoms with Gasteiger partial charge in [0, 0.05) is 0 Å². The summed E-state index contributed by atoms with van der Waals surface area (Å²) in [6, 6.07) is 7.36. The number of hydrogen-bond donors (Lipinski definition) is 1. The Bertz CT molecular complexity index is 362. The van der Waals surface area contributed by atoms with Crippen LogP contribution in [-0.4, -0.2) is 5.97 Å². The molecule has 0 heterocycles. The number of benzene rings is 1. The largest absolute Gasteiger partial charge is 0.548 e. The number of aliphatic carboxylic acids is 1. The highest BCUT2D eigenvalue weighted by atomic mass is 16.4. The number of fused-ring (bicyclic) bond motifs is 1. The molecule has 1 unspecified atom stereocenters. The molecule has 0 aliphatic heterocycles. The van der Waals surface area contributed by atoms with Crippen LogP contribution in [0.2, 0.25) is 0 Å². The lowest BCUT2D eigenvalue weighted by Crippen LogP contribution is -2.51. The number of carboxylic acids is 1. The third kappa shape index (κ3) is 1.04. The lowest BCUT2D eigenvalue weighted by Gasteiger charge is -2.26. The molecule has 1 atom stereocenters.